The largest absolute Gasteiger partial charge is 0.369 e. The van der Waals surface area contributed by atoms with Gasteiger partial charge in [0.05, 0.1) is 5.69 Å². The number of nitrogens with two attached hydrogens (primary N) is 1. The molecule has 2 aromatic rings. The van der Waals surface area contributed by atoms with Gasteiger partial charge in [0.25, 0.3) is 0 Å². The van der Waals surface area contributed by atoms with Gasteiger partial charge in [0.15, 0.2) is 5.95 Å². The zero-order chi connectivity index (χ0) is 12.4. The van der Waals surface area contributed by atoms with Crippen molar-refractivity contribution < 1.29 is 0 Å². The Bertz CT molecular complexity index is 497. The second-order valence-corrected chi connectivity index (χ2v) is 4.53. The van der Waals surface area contributed by atoms with Crippen LogP contribution in [0.25, 0.3) is 11.3 Å². The summed E-state index contributed by atoms with van der Waals surface area (Å²) in [6.45, 7) is 6.44. The van der Waals surface area contributed by atoms with Crippen LogP contribution >= 0.6 is 0 Å². The molecule has 0 saturated carbocycles. The Morgan fingerprint density at radius 1 is 1.29 bits per heavy atom. The minimum Gasteiger partial charge on any atom is -0.369 e. The molecular formula is C14H19N3. The third kappa shape index (κ3) is 2.33. The first-order valence-electron chi connectivity index (χ1n) is 6.04. The van der Waals surface area contributed by atoms with Crippen LogP contribution in [-0.4, -0.2) is 9.97 Å². The van der Waals surface area contributed by atoms with Crippen molar-refractivity contribution in [1.29, 1.82) is 0 Å². The Morgan fingerprint density at radius 3 is 2.41 bits per heavy atom. The van der Waals surface area contributed by atoms with E-state index in [9.17, 15) is 0 Å². The number of aromatic amines is 1. The van der Waals surface area contributed by atoms with Crippen LogP contribution in [0.1, 0.15) is 37.4 Å². The van der Waals surface area contributed by atoms with Gasteiger partial charge in [-0.2, -0.15) is 0 Å². The van der Waals surface area contributed by atoms with Gasteiger partial charge < -0.3 is 10.7 Å². The molecule has 0 spiro atoms. The highest BCUT2D eigenvalue weighted by Gasteiger charge is 2.08. The second kappa shape index (κ2) is 4.62. The van der Waals surface area contributed by atoms with E-state index in [-0.39, 0.29) is 0 Å². The van der Waals surface area contributed by atoms with E-state index in [1.807, 2.05) is 6.92 Å². The molecule has 0 aliphatic heterocycles. The number of nitrogen functional groups attached to an aromatic ring is 1. The maximum absolute atomic E-state index is 5.65. The minimum absolute atomic E-state index is 0.475. The maximum Gasteiger partial charge on any atom is 0.198 e. The normalized spacial score (nSPS) is 12.6. The van der Waals surface area contributed by atoms with Gasteiger partial charge in [-0.1, -0.05) is 38.1 Å². The fourth-order valence-corrected chi connectivity index (χ4v) is 1.97. The highest BCUT2D eigenvalue weighted by molar-refractivity contribution is 5.63. The van der Waals surface area contributed by atoms with E-state index in [1.165, 1.54) is 5.56 Å². The van der Waals surface area contributed by atoms with E-state index in [1.54, 1.807) is 0 Å². The number of aryl methyl sites for hydroxylation is 1. The van der Waals surface area contributed by atoms with Gasteiger partial charge >= 0.3 is 0 Å². The van der Waals surface area contributed by atoms with E-state index in [4.69, 9.17) is 5.73 Å². The van der Waals surface area contributed by atoms with Crippen LogP contribution < -0.4 is 5.73 Å². The third-order valence-electron chi connectivity index (χ3n) is 3.27. The van der Waals surface area contributed by atoms with Crippen molar-refractivity contribution >= 4 is 5.95 Å². The quantitative estimate of drug-likeness (QED) is 0.846. The molecule has 17 heavy (non-hydrogen) atoms. The molecule has 3 nitrogen and oxygen atoms in total. The molecule has 90 valence electrons. The monoisotopic (exact) mass is 229 g/mol. The molecule has 0 fully saturated rings. The first kappa shape index (κ1) is 11.7. The highest BCUT2D eigenvalue weighted by atomic mass is 15.0. The molecule has 1 aromatic carbocycles. The third-order valence-corrected chi connectivity index (χ3v) is 3.27. The molecule has 3 heteroatoms. The molecule has 0 aliphatic carbocycles. The van der Waals surface area contributed by atoms with Crippen LogP contribution in [-0.2, 0) is 0 Å². The average molecular weight is 229 g/mol. The number of hydrogen-bond acceptors (Lipinski definition) is 2. The number of nitrogens with zero attached hydrogens (tertiary/aromatic N) is 1. The Morgan fingerprint density at radius 2 is 1.94 bits per heavy atom. The van der Waals surface area contributed by atoms with E-state index in [2.05, 4.69) is 48.1 Å². The first-order chi connectivity index (χ1) is 8.11. The van der Waals surface area contributed by atoms with Crippen molar-refractivity contribution in [2.24, 2.45) is 0 Å². The van der Waals surface area contributed by atoms with Crippen molar-refractivity contribution in [1.82, 2.24) is 9.97 Å². The molecule has 0 aliphatic rings. The highest BCUT2D eigenvalue weighted by Crippen LogP contribution is 2.25. The summed E-state index contributed by atoms with van der Waals surface area (Å²) in [5.74, 6) is 1.08. The first-order valence-corrected chi connectivity index (χ1v) is 6.04. The van der Waals surface area contributed by atoms with Gasteiger partial charge in [0, 0.05) is 11.3 Å². The molecule has 0 radical (unpaired) electrons. The molecule has 2 rings (SSSR count). The lowest BCUT2D eigenvalue weighted by Crippen LogP contribution is -1.91. The fourth-order valence-electron chi connectivity index (χ4n) is 1.97. The number of nitrogens with one attached hydrogen (secondary N) is 1. The summed E-state index contributed by atoms with van der Waals surface area (Å²) in [7, 11) is 0. The second-order valence-electron chi connectivity index (χ2n) is 4.53. The Labute approximate surface area is 102 Å². The van der Waals surface area contributed by atoms with Gasteiger partial charge in [-0.3, -0.25) is 0 Å². The summed E-state index contributed by atoms with van der Waals surface area (Å²) in [5, 5.41) is 0. The van der Waals surface area contributed by atoms with Crippen molar-refractivity contribution in [3.05, 3.63) is 35.5 Å². The summed E-state index contributed by atoms with van der Waals surface area (Å²) in [6, 6.07) is 8.58. The van der Waals surface area contributed by atoms with Crippen molar-refractivity contribution in [3.63, 3.8) is 0 Å². The number of anilines is 1. The van der Waals surface area contributed by atoms with Crippen LogP contribution in [0.15, 0.2) is 24.3 Å². The Hall–Kier alpha value is -1.77. The van der Waals surface area contributed by atoms with Crippen LogP contribution in [0, 0.1) is 6.92 Å². The molecule has 3 N–H and O–H groups in total. The summed E-state index contributed by atoms with van der Waals surface area (Å²) in [4.78, 5) is 7.32. The van der Waals surface area contributed by atoms with E-state index in [0.717, 1.165) is 23.4 Å². The summed E-state index contributed by atoms with van der Waals surface area (Å²) in [6.07, 6.45) is 1.16. The number of benzene rings is 1. The van der Waals surface area contributed by atoms with E-state index < -0.39 is 0 Å². The molecule has 1 atom stereocenters. The SMILES string of the molecule is CCC(C)c1ccc(-c2nc(N)[nH]c2C)cc1. The van der Waals surface area contributed by atoms with Crippen LogP contribution in [0.5, 0.6) is 0 Å². The maximum atomic E-state index is 5.65. The van der Waals surface area contributed by atoms with Gasteiger partial charge in [0.2, 0.25) is 0 Å². The van der Waals surface area contributed by atoms with Crippen molar-refractivity contribution in [2.75, 3.05) is 5.73 Å². The number of H-pyrrole nitrogens is 1. The molecule has 0 saturated heterocycles. The number of hydrogen-bond donors (Lipinski definition) is 2. The molecule has 0 bridgehead atoms. The Kier molecular flexibility index (Phi) is 3.18. The summed E-state index contributed by atoms with van der Waals surface area (Å²) >= 11 is 0. The van der Waals surface area contributed by atoms with Crippen LogP contribution in [0.2, 0.25) is 0 Å². The van der Waals surface area contributed by atoms with Crippen molar-refractivity contribution in [3.8, 4) is 11.3 Å². The van der Waals surface area contributed by atoms with E-state index in [0.29, 0.717) is 11.9 Å². The average Bonchev–Trinajstić information content (AvgIpc) is 2.68. The minimum atomic E-state index is 0.475. The smallest absolute Gasteiger partial charge is 0.198 e. The van der Waals surface area contributed by atoms with Gasteiger partial charge in [-0.05, 0) is 24.8 Å². The van der Waals surface area contributed by atoms with Gasteiger partial charge in [-0.15, -0.1) is 0 Å². The van der Waals surface area contributed by atoms with Gasteiger partial charge in [0.1, 0.15) is 0 Å². The number of rotatable bonds is 3. The Balaban J connectivity index is 2.32. The summed E-state index contributed by atoms with van der Waals surface area (Å²) in [5.41, 5.74) is 10.1. The fraction of sp³-hybridized carbons (Fsp3) is 0.357. The zero-order valence-electron chi connectivity index (χ0n) is 10.6. The number of aromatic nitrogens is 2. The van der Waals surface area contributed by atoms with Crippen LogP contribution in [0.4, 0.5) is 5.95 Å². The lowest BCUT2D eigenvalue weighted by Gasteiger charge is -2.09. The summed E-state index contributed by atoms with van der Waals surface area (Å²) < 4.78 is 0. The van der Waals surface area contributed by atoms with Crippen molar-refractivity contribution in [2.45, 2.75) is 33.1 Å². The van der Waals surface area contributed by atoms with Crippen LogP contribution in [0.3, 0.4) is 0 Å². The molecular weight excluding hydrogens is 210 g/mol. The standard InChI is InChI=1S/C14H19N3/c1-4-9(2)11-5-7-12(8-6-11)13-10(3)16-14(15)17-13/h5-9H,4H2,1-3H3,(H3,15,16,17). The lowest BCUT2D eigenvalue weighted by atomic mass is 9.97. The number of imidazole rings is 1. The zero-order valence-corrected chi connectivity index (χ0v) is 10.6. The predicted octanol–water partition coefficient (Wildman–Crippen LogP) is 3.48. The molecule has 1 heterocycles. The van der Waals surface area contributed by atoms with E-state index >= 15 is 0 Å². The predicted molar refractivity (Wildman–Crippen MR) is 71.9 cm³/mol. The molecule has 1 unspecified atom stereocenters. The topological polar surface area (TPSA) is 54.7 Å². The lowest BCUT2D eigenvalue weighted by molar-refractivity contribution is 0.734. The van der Waals surface area contributed by atoms with Gasteiger partial charge in [-0.25, -0.2) is 4.98 Å². The molecule has 0 amide bonds. The molecule has 1 aromatic heterocycles.